The Bertz CT molecular complexity index is 518. The van der Waals surface area contributed by atoms with Crippen LogP contribution in [0.25, 0.3) is 6.08 Å². The molecule has 0 aliphatic carbocycles. The van der Waals surface area contributed by atoms with Crippen molar-refractivity contribution in [2.75, 3.05) is 5.73 Å². The lowest BCUT2D eigenvalue weighted by molar-refractivity contribution is 0.112. The van der Waals surface area contributed by atoms with Crippen molar-refractivity contribution >= 4 is 18.0 Å². The number of carbonyl (C=O) groups is 1. The first kappa shape index (κ1) is 13.7. The number of nitrogen functional groups attached to an aromatic ring is 1. The monoisotopic (exact) mass is 239 g/mol. The summed E-state index contributed by atoms with van der Waals surface area (Å²) in [6, 6.07) is 15.0. The van der Waals surface area contributed by atoms with Crippen molar-refractivity contribution in [3.8, 4) is 0 Å². The molecule has 0 bridgehead atoms. The maximum absolute atomic E-state index is 10.0. The molecule has 0 aromatic heterocycles. The van der Waals surface area contributed by atoms with Crippen LogP contribution in [0.2, 0.25) is 0 Å². The summed E-state index contributed by atoms with van der Waals surface area (Å²) in [5.74, 6) is 0. The van der Waals surface area contributed by atoms with Crippen molar-refractivity contribution in [3.05, 3.63) is 71.8 Å². The van der Waals surface area contributed by atoms with Crippen LogP contribution in [0.4, 0.5) is 5.69 Å². The van der Waals surface area contributed by atoms with Crippen molar-refractivity contribution in [1.82, 2.24) is 0 Å². The normalized spacial score (nSPS) is 8.94. The second-order valence-corrected chi connectivity index (χ2v) is 3.87. The van der Waals surface area contributed by atoms with Crippen molar-refractivity contribution in [3.63, 3.8) is 0 Å². The van der Waals surface area contributed by atoms with Gasteiger partial charge in [0.15, 0.2) is 0 Å². The van der Waals surface area contributed by atoms with E-state index < -0.39 is 0 Å². The Morgan fingerprint density at radius 3 is 2.22 bits per heavy atom. The van der Waals surface area contributed by atoms with E-state index in [9.17, 15) is 4.79 Å². The first-order chi connectivity index (χ1) is 8.67. The Morgan fingerprint density at radius 1 is 1.11 bits per heavy atom. The molecule has 0 spiro atoms. The number of aldehydes is 1. The molecule has 92 valence electrons. The minimum Gasteiger partial charge on any atom is -0.398 e. The molecular weight excluding hydrogens is 222 g/mol. The predicted octanol–water partition coefficient (Wildman–Crippen LogP) is 3.72. The summed E-state index contributed by atoms with van der Waals surface area (Å²) in [6.45, 7) is 5.69. The number of carbonyl (C=O) groups excluding carboxylic acids is 1. The third kappa shape index (κ3) is 4.26. The lowest BCUT2D eigenvalue weighted by Crippen LogP contribution is -1.88. The van der Waals surface area contributed by atoms with Crippen molar-refractivity contribution < 1.29 is 4.79 Å². The topological polar surface area (TPSA) is 43.1 Å². The van der Waals surface area contributed by atoms with E-state index in [1.165, 1.54) is 5.56 Å². The zero-order chi connectivity index (χ0) is 13.4. The van der Waals surface area contributed by atoms with Crippen LogP contribution in [0.5, 0.6) is 0 Å². The summed E-state index contributed by atoms with van der Waals surface area (Å²) in [5, 5.41) is 0. The summed E-state index contributed by atoms with van der Waals surface area (Å²) < 4.78 is 0. The molecular formula is C16H17NO. The Balaban J connectivity index is 0.000000184. The van der Waals surface area contributed by atoms with Gasteiger partial charge in [-0.25, -0.2) is 0 Å². The molecule has 0 saturated carbocycles. The summed E-state index contributed by atoms with van der Waals surface area (Å²) in [7, 11) is 0. The van der Waals surface area contributed by atoms with Gasteiger partial charge >= 0.3 is 0 Å². The van der Waals surface area contributed by atoms with Gasteiger partial charge in [-0.15, -0.1) is 0 Å². The fourth-order valence-electron chi connectivity index (χ4n) is 1.40. The molecule has 0 saturated heterocycles. The van der Waals surface area contributed by atoms with Gasteiger partial charge in [0, 0.05) is 11.3 Å². The molecule has 0 aliphatic heterocycles. The summed E-state index contributed by atoms with van der Waals surface area (Å²) in [4.78, 5) is 10.0. The first-order valence-electron chi connectivity index (χ1n) is 5.66. The third-order valence-electron chi connectivity index (χ3n) is 2.40. The van der Waals surface area contributed by atoms with Crippen LogP contribution in [-0.2, 0) is 0 Å². The van der Waals surface area contributed by atoms with Gasteiger partial charge in [-0.3, -0.25) is 4.79 Å². The van der Waals surface area contributed by atoms with Crippen LogP contribution in [0, 0.1) is 6.92 Å². The van der Waals surface area contributed by atoms with Crippen LogP contribution in [0.1, 0.15) is 21.5 Å². The average Bonchev–Trinajstić information content (AvgIpc) is 2.43. The molecule has 2 aromatic rings. The highest BCUT2D eigenvalue weighted by atomic mass is 16.1. The minimum atomic E-state index is 0.729. The zero-order valence-corrected chi connectivity index (χ0v) is 10.5. The van der Waals surface area contributed by atoms with E-state index in [1.807, 2.05) is 43.3 Å². The molecule has 0 atom stereocenters. The molecule has 0 heterocycles. The van der Waals surface area contributed by atoms with Crippen LogP contribution >= 0.6 is 0 Å². The highest BCUT2D eigenvalue weighted by Crippen LogP contribution is 2.13. The van der Waals surface area contributed by atoms with Crippen LogP contribution in [0.15, 0.2) is 55.1 Å². The molecule has 2 heteroatoms. The number of anilines is 1. The summed E-state index contributed by atoms with van der Waals surface area (Å²) >= 11 is 0. The number of rotatable bonds is 2. The Morgan fingerprint density at radius 2 is 1.78 bits per heavy atom. The van der Waals surface area contributed by atoms with E-state index in [1.54, 1.807) is 18.2 Å². The molecule has 0 radical (unpaired) electrons. The number of aryl methyl sites for hydroxylation is 1. The highest BCUT2D eigenvalue weighted by molar-refractivity contribution is 5.74. The number of nitrogens with two attached hydrogens (primary N) is 1. The van der Waals surface area contributed by atoms with E-state index in [2.05, 4.69) is 6.58 Å². The SMILES string of the molecule is C=Cc1cc(C)ccc1N.O=Cc1ccccc1. The van der Waals surface area contributed by atoms with Gasteiger partial charge in [-0.2, -0.15) is 0 Å². The van der Waals surface area contributed by atoms with Gasteiger partial charge in [0.05, 0.1) is 0 Å². The van der Waals surface area contributed by atoms with E-state index in [0.29, 0.717) is 0 Å². The quantitative estimate of drug-likeness (QED) is 0.641. The maximum atomic E-state index is 10.0. The Kier molecular flexibility index (Phi) is 5.39. The van der Waals surface area contributed by atoms with Crippen molar-refractivity contribution in [1.29, 1.82) is 0 Å². The van der Waals surface area contributed by atoms with Crippen molar-refractivity contribution in [2.45, 2.75) is 6.92 Å². The van der Waals surface area contributed by atoms with Gasteiger partial charge in [-0.05, 0) is 24.6 Å². The maximum Gasteiger partial charge on any atom is 0.150 e. The smallest absolute Gasteiger partial charge is 0.150 e. The molecule has 2 N–H and O–H groups in total. The number of hydrogen-bond acceptors (Lipinski definition) is 2. The van der Waals surface area contributed by atoms with Crippen LogP contribution < -0.4 is 5.73 Å². The Labute approximate surface area is 108 Å². The molecule has 0 fully saturated rings. The summed E-state index contributed by atoms with van der Waals surface area (Å²) in [6.07, 6.45) is 2.60. The molecule has 0 unspecified atom stereocenters. The van der Waals surface area contributed by atoms with Crippen LogP contribution in [-0.4, -0.2) is 6.29 Å². The number of benzene rings is 2. The predicted molar refractivity (Wildman–Crippen MR) is 77.5 cm³/mol. The third-order valence-corrected chi connectivity index (χ3v) is 2.40. The van der Waals surface area contributed by atoms with Gasteiger partial charge in [0.25, 0.3) is 0 Å². The Hall–Kier alpha value is -2.35. The minimum absolute atomic E-state index is 0.729. The van der Waals surface area contributed by atoms with E-state index in [4.69, 9.17) is 5.73 Å². The van der Waals surface area contributed by atoms with E-state index in [0.717, 1.165) is 23.1 Å². The first-order valence-corrected chi connectivity index (χ1v) is 5.66. The largest absolute Gasteiger partial charge is 0.398 e. The summed E-state index contributed by atoms with van der Waals surface area (Å²) in [5.41, 5.74) is 9.38. The lowest BCUT2D eigenvalue weighted by Gasteiger charge is -1.99. The molecule has 2 nitrogen and oxygen atoms in total. The molecule has 0 amide bonds. The second kappa shape index (κ2) is 7.07. The van der Waals surface area contributed by atoms with Gasteiger partial charge < -0.3 is 5.73 Å². The molecule has 18 heavy (non-hydrogen) atoms. The van der Waals surface area contributed by atoms with E-state index in [-0.39, 0.29) is 0 Å². The van der Waals surface area contributed by atoms with Gasteiger partial charge in [0.2, 0.25) is 0 Å². The fraction of sp³-hybridized carbons (Fsp3) is 0.0625. The van der Waals surface area contributed by atoms with Crippen LogP contribution in [0.3, 0.4) is 0 Å². The number of hydrogen-bond donors (Lipinski definition) is 1. The average molecular weight is 239 g/mol. The standard InChI is InChI=1S/C9H11N.C7H6O/c1-3-8-6-7(2)4-5-9(8)10;8-6-7-4-2-1-3-5-7/h3-6H,1,10H2,2H3;1-6H. The molecule has 2 rings (SSSR count). The van der Waals surface area contributed by atoms with Gasteiger partial charge in [-0.1, -0.05) is 54.6 Å². The second-order valence-electron chi connectivity index (χ2n) is 3.87. The van der Waals surface area contributed by atoms with Gasteiger partial charge in [0.1, 0.15) is 6.29 Å². The lowest BCUT2D eigenvalue weighted by atomic mass is 10.1. The van der Waals surface area contributed by atoms with Crippen molar-refractivity contribution in [2.24, 2.45) is 0 Å². The fourth-order valence-corrected chi connectivity index (χ4v) is 1.40. The molecule has 0 aliphatic rings. The molecule has 2 aromatic carbocycles. The van der Waals surface area contributed by atoms with E-state index >= 15 is 0 Å². The zero-order valence-electron chi connectivity index (χ0n) is 10.5. The highest BCUT2D eigenvalue weighted by Gasteiger charge is 1.92.